The highest BCUT2D eigenvalue weighted by atomic mass is 16.6. The standard InChI is InChI=1S/C16H16N2O2/c17-11-13-10-9-12-5-1-4-8-15(12)18(13)16(19)20-14-6-2-3-7-14/h1,4-5,8-10,13-14H,2-3,6-7H2. The molecule has 1 aliphatic carbocycles. The number of amides is 1. The number of benzene rings is 1. The molecular weight excluding hydrogens is 252 g/mol. The molecule has 1 aromatic carbocycles. The minimum absolute atomic E-state index is 0.0000822. The fourth-order valence-corrected chi connectivity index (χ4v) is 2.80. The largest absolute Gasteiger partial charge is 0.446 e. The Kier molecular flexibility index (Phi) is 3.42. The quantitative estimate of drug-likeness (QED) is 0.783. The van der Waals surface area contributed by atoms with Crippen LogP contribution in [0.25, 0.3) is 6.08 Å². The summed E-state index contributed by atoms with van der Waals surface area (Å²) in [6.07, 6.45) is 7.26. The van der Waals surface area contributed by atoms with E-state index in [1.807, 2.05) is 30.3 Å². The maximum atomic E-state index is 12.4. The molecule has 4 heteroatoms. The third kappa shape index (κ3) is 2.27. The van der Waals surface area contributed by atoms with Crippen LogP contribution in [0.2, 0.25) is 0 Å². The summed E-state index contributed by atoms with van der Waals surface area (Å²) in [4.78, 5) is 13.9. The molecule has 0 saturated heterocycles. The normalized spacial score (nSPS) is 21.4. The molecule has 0 aromatic heterocycles. The third-order valence-corrected chi connectivity index (χ3v) is 3.83. The number of ether oxygens (including phenoxy) is 1. The number of hydrogen-bond donors (Lipinski definition) is 0. The van der Waals surface area contributed by atoms with Gasteiger partial charge in [0.15, 0.2) is 0 Å². The molecule has 4 nitrogen and oxygen atoms in total. The minimum atomic E-state index is -0.598. The number of carbonyl (C=O) groups is 1. The van der Waals surface area contributed by atoms with E-state index < -0.39 is 12.1 Å². The van der Waals surface area contributed by atoms with Gasteiger partial charge in [-0.3, -0.25) is 4.90 Å². The summed E-state index contributed by atoms with van der Waals surface area (Å²) in [6, 6.07) is 9.09. The Labute approximate surface area is 118 Å². The van der Waals surface area contributed by atoms with E-state index in [2.05, 4.69) is 6.07 Å². The maximum Gasteiger partial charge on any atom is 0.415 e. The molecule has 1 saturated carbocycles. The first-order valence-corrected chi connectivity index (χ1v) is 6.96. The molecule has 2 aliphatic rings. The highest BCUT2D eigenvalue weighted by Gasteiger charge is 2.31. The van der Waals surface area contributed by atoms with Crippen LogP contribution >= 0.6 is 0 Å². The van der Waals surface area contributed by atoms with Gasteiger partial charge >= 0.3 is 6.09 Å². The summed E-state index contributed by atoms with van der Waals surface area (Å²) in [7, 11) is 0. The van der Waals surface area contributed by atoms with E-state index in [0.717, 1.165) is 36.9 Å². The van der Waals surface area contributed by atoms with Gasteiger partial charge in [0.25, 0.3) is 0 Å². The van der Waals surface area contributed by atoms with Gasteiger partial charge in [-0.15, -0.1) is 0 Å². The van der Waals surface area contributed by atoms with E-state index in [4.69, 9.17) is 4.74 Å². The second kappa shape index (κ2) is 5.38. The molecule has 1 aromatic rings. The molecule has 1 atom stereocenters. The van der Waals surface area contributed by atoms with Crippen molar-refractivity contribution in [3.05, 3.63) is 35.9 Å². The van der Waals surface area contributed by atoms with Crippen LogP contribution in [-0.2, 0) is 4.74 Å². The molecule has 102 valence electrons. The number of carbonyl (C=O) groups excluding carboxylic acids is 1. The van der Waals surface area contributed by atoms with E-state index in [-0.39, 0.29) is 6.10 Å². The van der Waals surface area contributed by atoms with Crippen LogP contribution in [0.1, 0.15) is 31.2 Å². The number of fused-ring (bicyclic) bond motifs is 1. The molecule has 1 heterocycles. The van der Waals surface area contributed by atoms with Gasteiger partial charge in [0.05, 0.1) is 11.8 Å². The summed E-state index contributed by atoms with van der Waals surface area (Å²) in [5.74, 6) is 0. The van der Waals surface area contributed by atoms with Crippen LogP contribution in [0.15, 0.2) is 30.3 Å². The monoisotopic (exact) mass is 268 g/mol. The zero-order valence-corrected chi connectivity index (χ0v) is 11.2. The van der Waals surface area contributed by atoms with Crippen LogP contribution in [0.5, 0.6) is 0 Å². The van der Waals surface area contributed by atoms with Crippen LogP contribution in [-0.4, -0.2) is 18.2 Å². The third-order valence-electron chi connectivity index (χ3n) is 3.83. The Morgan fingerprint density at radius 3 is 2.80 bits per heavy atom. The van der Waals surface area contributed by atoms with Gasteiger partial charge in [-0.1, -0.05) is 24.3 Å². The first-order valence-electron chi connectivity index (χ1n) is 6.96. The zero-order valence-electron chi connectivity index (χ0n) is 11.2. The lowest BCUT2D eigenvalue weighted by atomic mass is 10.0. The van der Waals surface area contributed by atoms with Crippen molar-refractivity contribution in [2.45, 2.75) is 37.8 Å². The topological polar surface area (TPSA) is 53.3 Å². The second-order valence-electron chi connectivity index (χ2n) is 5.15. The summed E-state index contributed by atoms with van der Waals surface area (Å²) in [5.41, 5.74) is 1.67. The fraction of sp³-hybridized carbons (Fsp3) is 0.375. The zero-order chi connectivity index (χ0) is 13.9. The lowest BCUT2D eigenvalue weighted by Crippen LogP contribution is -2.42. The van der Waals surface area contributed by atoms with E-state index in [1.165, 1.54) is 4.90 Å². The molecule has 0 bridgehead atoms. The Hall–Kier alpha value is -2.28. The van der Waals surface area contributed by atoms with Gasteiger partial charge in [-0.25, -0.2) is 4.79 Å². The van der Waals surface area contributed by atoms with Crippen molar-refractivity contribution in [2.24, 2.45) is 0 Å². The van der Waals surface area contributed by atoms with Crippen LogP contribution in [0.4, 0.5) is 10.5 Å². The van der Waals surface area contributed by atoms with Gasteiger partial charge in [0, 0.05) is 0 Å². The molecular formula is C16H16N2O2. The number of rotatable bonds is 1. The van der Waals surface area contributed by atoms with Crippen molar-refractivity contribution >= 4 is 17.9 Å². The number of nitriles is 1. The van der Waals surface area contributed by atoms with E-state index in [1.54, 1.807) is 6.08 Å². The van der Waals surface area contributed by atoms with Crippen molar-refractivity contribution in [1.29, 1.82) is 5.26 Å². The summed E-state index contributed by atoms with van der Waals surface area (Å²) >= 11 is 0. The number of hydrogen-bond acceptors (Lipinski definition) is 3. The minimum Gasteiger partial charge on any atom is -0.446 e. The molecule has 3 rings (SSSR count). The molecule has 1 amide bonds. The Morgan fingerprint density at radius 2 is 2.05 bits per heavy atom. The lowest BCUT2D eigenvalue weighted by molar-refractivity contribution is 0.107. The van der Waals surface area contributed by atoms with Crippen molar-refractivity contribution in [3.8, 4) is 6.07 Å². The Morgan fingerprint density at radius 1 is 1.30 bits per heavy atom. The number of nitrogens with zero attached hydrogens (tertiary/aromatic N) is 2. The van der Waals surface area contributed by atoms with Gasteiger partial charge in [-0.05, 0) is 43.4 Å². The van der Waals surface area contributed by atoms with Gasteiger partial charge in [0.1, 0.15) is 12.1 Å². The predicted molar refractivity (Wildman–Crippen MR) is 76.1 cm³/mol. The predicted octanol–water partition coefficient (Wildman–Crippen LogP) is 3.49. The molecule has 0 radical (unpaired) electrons. The SMILES string of the molecule is N#CC1C=Cc2ccccc2N1C(=O)OC1CCCC1. The lowest BCUT2D eigenvalue weighted by Gasteiger charge is -2.30. The Bertz CT molecular complexity index is 582. The highest BCUT2D eigenvalue weighted by Crippen LogP contribution is 2.30. The van der Waals surface area contributed by atoms with Gasteiger partial charge in [0.2, 0.25) is 0 Å². The molecule has 1 fully saturated rings. The summed E-state index contributed by atoms with van der Waals surface area (Å²) in [5, 5.41) is 9.25. The van der Waals surface area contributed by atoms with E-state index >= 15 is 0 Å². The average molecular weight is 268 g/mol. The van der Waals surface area contributed by atoms with E-state index in [0.29, 0.717) is 0 Å². The van der Waals surface area contributed by atoms with Gasteiger partial charge in [-0.2, -0.15) is 5.26 Å². The molecule has 1 aliphatic heterocycles. The van der Waals surface area contributed by atoms with Gasteiger partial charge < -0.3 is 4.74 Å². The second-order valence-corrected chi connectivity index (χ2v) is 5.15. The summed E-state index contributed by atoms with van der Waals surface area (Å²) < 4.78 is 5.54. The molecule has 0 spiro atoms. The van der Waals surface area contributed by atoms with Crippen molar-refractivity contribution in [2.75, 3.05) is 4.90 Å². The molecule has 1 unspecified atom stereocenters. The smallest absolute Gasteiger partial charge is 0.415 e. The van der Waals surface area contributed by atoms with Crippen molar-refractivity contribution in [3.63, 3.8) is 0 Å². The summed E-state index contributed by atoms with van der Waals surface area (Å²) in [6.45, 7) is 0. The fourth-order valence-electron chi connectivity index (χ4n) is 2.80. The van der Waals surface area contributed by atoms with Crippen LogP contribution in [0.3, 0.4) is 0 Å². The van der Waals surface area contributed by atoms with Crippen LogP contribution in [0, 0.1) is 11.3 Å². The van der Waals surface area contributed by atoms with Crippen LogP contribution < -0.4 is 4.90 Å². The Balaban J connectivity index is 1.87. The average Bonchev–Trinajstić information content (AvgIpc) is 2.98. The maximum absolute atomic E-state index is 12.4. The first-order chi connectivity index (χ1) is 9.79. The highest BCUT2D eigenvalue weighted by molar-refractivity contribution is 5.94. The van der Waals surface area contributed by atoms with E-state index in [9.17, 15) is 10.1 Å². The number of anilines is 1. The molecule has 20 heavy (non-hydrogen) atoms. The first kappa shape index (κ1) is 12.7. The van der Waals surface area contributed by atoms with Crippen molar-refractivity contribution < 1.29 is 9.53 Å². The molecule has 0 N–H and O–H groups in total. The van der Waals surface area contributed by atoms with Crippen molar-refractivity contribution in [1.82, 2.24) is 0 Å². The number of para-hydroxylation sites is 1.